The summed E-state index contributed by atoms with van der Waals surface area (Å²) in [6, 6.07) is 7.88. The number of amides is 3. The van der Waals surface area contributed by atoms with Crippen LogP contribution >= 0.6 is 0 Å². The fraction of sp³-hybridized carbons (Fsp3) is 0.400. The Morgan fingerprint density at radius 3 is 2.33 bits per heavy atom. The molecule has 0 radical (unpaired) electrons. The molecule has 36 heavy (non-hydrogen) atoms. The van der Waals surface area contributed by atoms with Crippen LogP contribution in [0.3, 0.4) is 0 Å². The zero-order chi connectivity index (χ0) is 26.0. The lowest BCUT2D eigenvalue weighted by Gasteiger charge is -2.35. The van der Waals surface area contributed by atoms with Crippen molar-refractivity contribution >= 4 is 23.4 Å². The Morgan fingerprint density at radius 1 is 1.03 bits per heavy atom. The summed E-state index contributed by atoms with van der Waals surface area (Å²) in [5.74, 6) is -0.151. The van der Waals surface area contributed by atoms with Crippen molar-refractivity contribution < 1.29 is 28.8 Å². The van der Waals surface area contributed by atoms with Crippen molar-refractivity contribution in [3.63, 3.8) is 0 Å². The average Bonchev–Trinajstić information content (AvgIpc) is 3.13. The summed E-state index contributed by atoms with van der Waals surface area (Å²) in [6.07, 6.45) is -0.0337. The van der Waals surface area contributed by atoms with E-state index < -0.39 is 22.4 Å². The Labute approximate surface area is 208 Å². The number of fused-ring (bicyclic) bond motifs is 1. The molecule has 2 aliphatic heterocycles. The van der Waals surface area contributed by atoms with Crippen molar-refractivity contribution in [3.8, 4) is 11.5 Å². The van der Waals surface area contributed by atoms with Gasteiger partial charge in [0.15, 0.2) is 11.5 Å². The van der Waals surface area contributed by atoms with Crippen LogP contribution in [0.5, 0.6) is 11.5 Å². The van der Waals surface area contributed by atoms with Gasteiger partial charge in [0.05, 0.1) is 24.7 Å². The highest BCUT2D eigenvalue weighted by molar-refractivity contribution is 6.23. The molecule has 1 saturated heterocycles. The van der Waals surface area contributed by atoms with Crippen molar-refractivity contribution in [3.05, 3.63) is 62.7 Å². The van der Waals surface area contributed by atoms with Gasteiger partial charge in [-0.15, -0.1) is 0 Å². The topological polar surface area (TPSA) is 123 Å². The maximum Gasteiger partial charge on any atom is 0.282 e. The van der Waals surface area contributed by atoms with E-state index in [1.807, 2.05) is 19.1 Å². The number of methoxy groups -OCH3 is 2. The van der Waals surface area contributed by atoms with Gasteiger partial charge in [0.25, 0.3) is 17.5 Å². The van der Waals surface area contributed by atoms with Crippen LogP contribution < -0.4 is 9.47 Å². The number of ether oxygens (including phenoxy) is 2. The van der Waals surface area contributed by atoms with Gasteiger partial charge in [-0.25, -0.2) is 0 Å². The normalized spacial score (nSPS) is 15.8. The highest BCUT2D eigenvalue weighted by Crippen LogP contribution is 2.32. The minimum absolute atomic E-state index is 0.000666. The molecule has 0 atom stereocenters. The zero-order valence-electron chi connectivity index (χ0n) is 20.5. The minimum Gasteiger partial charge on any atom is -0.493 e. The van der Waals surface area contributed by atoms with Crippen LogP contribution in [-0.4, -0.2) is 84.3 Å². The van der Waals surface area contributed by atoms with Gasteiger partial charge in [-0.05, 0) is 36.2 Å². The first kappa shape index (κ1) is 25.1. The van der Waals surface area contributed by atoms with Crippen molar-refractivity contribution in [2.24, 2.45) is 0 Å². The molecule has 2 heterocycles. The highest BCUT2D eigenvalue weighted by Gasteiger charge is 2.41. The number of carbonyl (C=O) groups excluding carboxylic acids is 3. The largest absolute Gasteiger partial charge is 0.493 e. The first-order valence-corrected chi connectivity index (χ1v) is 11.6. The second-order valence-corrected chi connectivity index (χ2v) is 8.76. The molecule has 3 amide bonds. The van der Waals surface area contributed by atoms with Gasteiger partial charge in [0.1, 0.15) is 5.56 Å². The number of imide groups is 1. The Hall–Kier alpha value is -3.99. The molecule has 1 fully saturated rings. The molecule has 0 spiro atoms. The lowest BCUT2D eigenvalue weighted by molar-refractivity contribution is -0.385. The van der Waals surface area contributed by atoms with Crippen LogP contribution in [0.4, 0.5) is 5.69 Å². The van der Waals surface area contributed by atoms with E-state index in [0.29, 0.717) is 44.2 Å². The van der Waals surface area contributed by atoms with E-state index in [9.17, 15) is 24.5 Å². The molecule has 2 aliphatic rings. The molecule has 11 heteroatoms. The van der Waals surface area contributed by atoms with E-state index in [-0.39, 0.29) is 30.0 Å². The van der Waals surface area contributed by atoms with Gasteiger partial charge >= 0.3 is 0 Å². The van der Waals surface area contributed by atoms with E-state index in [2.05, 4.69) is 4.90 Å². The summed E-state index contributed by atoms with van der Waals surface area (Å²) in [6.45, 7) is 5.02. The smallest absolute Gasteiger partial charge is 0.282 e. The third-order valence-electron chi connectivity index (χ3n) is 6.68. The highest BCUT2D eigenvalue weighted by atomic mass is 16.6. The van der Waals surface area contributed by atoms with Crippen LogP contribution in [0.25, 0.3) is 0 Å². The SMILES string of the molecule is COc1cc(C)c(CN2CCN(C(=O)CCN3C(=O)c4cccc([N+](=O)[O-])c4C3=O)CC2)cc1OC. The van der Waals surface area contributed by atoms with E-state index >= 15 is 0 Å². The third-order valence-corrected chi connectivity index (χ3v) is 6.68. The molecular weight excluding hydrogens is 468 g/mol. The van der Waals surface area contributed by atoms with Gasteiger partial charge in [-0.3, -0.25) is 34.3 Å². The summed E-state index contributed by atoms with van der Waals surface area (Å²) < 4.78 is 10.8. The molecule has 0 N–H and O–H groups in total. The maximum atomic E-state index is 12.8. The fourth-order valence-electron chi connectivity index (χ4n) is 4.63. The second kappa shape index (κ2) is 10.3. The predicted octanol–water partition coefficient (Wildman–Crippen LogP) is 2.25. The van der Waals surface area contributed by atoms with Gasteiger partial charge in [0, 0.05) is 51.8 Å². The molecule has 2 aromatic rings. The monoisotopic (exact) mass is 496 g/mol. The van der Waals surface area contributed by atoms with E-state index in [4.69, 9.17) is 9.47 Å². The van der Waals surface area contributed by atoms with Gasteiger partial charge in [-0.1, -0.05) is 6.07 Å². The number of rotatable bonds is 8. The van der Waals surface area contributed by atoms with Crippen molar-refractivity contribution in [1.82, 2.24) is 14.7 Å². The molecule has 190 valence electrons. The molecule has 0 saturated carbocycles. The van der Waals surface area contributed by atoms with Gasteiger partial charge < -0.3 is 14.4 Å². The summed E-state index contributed by atoms with van der Waals surface area (Å²) in [5.41, 5.74) is 1.60. The Kier molecular flexibility index (Phi) is 7.20. The quantitative estimate of drug-likeness (QED) is 0.310. The standard InChI is InChI=1S/C25H28N4O7/c1-16-13-20(35-2)21(36-3)14-17(16)15-26-9-11-27(12-10-26)22(30)7-8-28-24(31)18-5-4-6-19(29(33)34)23(18)25(28)32/h4-6,13-14H,7-12,15H2,1-3H3. The molecule has 2 aromatic carbocycles. The van der Waals surface area contributed by atoms with Crippen LogP contribution in [-0.2, 0) is 11.3 Å². The summed E-state index contributed by atoms with van der Waals surface area (Å²) in [4.78, 5) is 53.6. The van der Waals surface area contributed by atoms with Crippen LogP contribution in [0, 0.1) is 17.0 Å². The average molecular weight is 497 g/mol. The molecule has 11 nitrogen and oxygen atoms in total. The second-order valence-electron chi connectivity index (χ2n) is 8.76. The van der Waals surface area contributed by atoms with E-state index in [1.165, 1.54) is 18.2 Å². The fourth-order valence-corrected chi connectivity index (χ4v) is 4.63. The van der Waals surface area contributed by atoms with Gasteiger partial charge in [0.2, 0.25) is 5.91 Å². The van der Waals surface area contributed by atoms with Crippen molar-refractivity contribution in [2.75, 3.05) is 46.9 Å². The van der Waals surface area contributed by atoms with E-state index in [1.54, 1.807) is 19.1 Å². The number of nitrogens with zero attached hydrogens (tertiary/aromatic N) is 4. The number of nitro benzene ring substituents is 1. The van der Waals surface area contributed by atoms with Crippen LogP contribution in [0.1, 0.15) is 38.3 Å². The minimum atomic E-state index is -0.731. The summed E-state index contributed by atoms with van der Waals surface area (Å²) >= 11 is 0. The number of benzene rings is 2. The summed E-state index contributed by atoms with van der Waals surface area (Å²) in [7, 11) is 3.20. The van der Waals surface area contributed by atoms with Gasteiger partial charge in [-0.2, -0.15) is 0 Å². The zero-order valence-corrected chi connectivity index (χ0v) is 20.5. The number of piperazine rings is 1. The Bertz CT molecular complexity index is 1220. The summed E-state index contributed by atoms with van der Waals surface area (Å²) in [5, 5.41) is 11.3. The first-order valence-electron chi connectivity index (χ1n) is 11.6. The molecular formula is C25H28N4O7. The number of hydrogen-bond acceptors (Lipinski definition) is 8. The Balaban J connectivity index is 1.32. The molecule has 0 bridgehead atoms. The first-order chi connectivity index (χ1) is 17.2. The number of hydrogen-bond donors (Lipinski definition) is 0. The van der Waals surface area contributed by atoms with Crippen LogP contribution in [0.15, 0.2) is 30.3 Å². The lowest BCUT2D eigenvalue weighted by atomic mass is 10.1. The van der Waals surface area contributed by atoms with Crippen LogP contribution in [0.2, 0.25) is 0 Å². The third kappa shape index (κ3) is 4.74. The number of aryl methyl sites for hydroxylation is 1. The predicted molar refractivity (Wildman–Crippen MR) is 129 cm³/mol. The number of carbonyl (C=O) groups is 3. The lowest BCUT2D eigenvalue weighted by Crippen LogP contribution is -2.49. The van der Waals surface area contributed by atoms with Crippen molar-refractivity contribution in [1.29, 1.82) is 0 Å². The molecule has 0 aromatic heterocycles. The molecule has 0 aliphatic carbocycles. The molecule has 0 unspecified atom stereocenters. The van der Waals surface area contributed by atoms with Crippen molar-refractivity contribution in [2.45, 2.75) is 19.9 Å². The maximum absolute atomic E-state index is 12.8. The van der Waals surface area contributed by atoms with E-state index in [0.717, 1.165) is 16.0 Å². The Morgan fingerprint density at radius 2 is 1.69 bits per heavy atom. The molecule has 4 rings (SSSR count). The number of nitro groups is 1.